The predicted molar refractivity (Wildman–Crippen MR) is 59.0 cm³/mol. The molecule has 0 aliphatic heterocycles. The van der Waals surface area contributed by atoms with Crippen LogP contribution in [0.15, 0.2) is 12.2 Å². The molecule has 0 rings (SSSR count). The summed E-state index contributed by atoms with van der Waals surface area (Å²) in [5, 5.41) is 0. The first-order chi connectivity index (χ1) is 6.81. The van der Waals surface area contributed by atoms with Crippen molar-refractivity contribution in [2.75, 3.05) is 0 Å². The van der Waals surface area contributed by atoms with Gasteiger partial charge in [-0.1, -0.05) is 45.1 Å². The first-order valence-electron chi connectivity index (χ1n) is 5.35. The predicted octanol–water partition coefficient (Wildman–Crippen LogP) is 2.92. The third kappa shape index (κ3) is 9.51. The standard InChI is InChI=1S/C11H19O2Si/c1-2-3-4-5-6-7-8-9-10-11(12)13-14/h9-10H,2-8H2,1H3. The van der Waals surface area contributed by atoms with E-state index >= 15 is 0 Å². The third-order valence-electron chi connectivity index (χ3n) is 2.08. The summed E-state index contributed by atoms with van der Waals surface area (Å²) in [6.45, 7) is 2.22. The van der Waals surface area contributed by atoms with E-state index in [0.717, 1.165) is 12.8 Å². The minimum Gasteiger partial charge on any atom is -0.513 e. The van der Waals surface area contributed by atoms with Gasteiger partial charge in [-0.2, -0.15) is 0 Å². The monoisotopic (exact) mass is 211 g/mol. The molecule has 0 heterocycles. The second-order valence-corrected chi connectivity index (χ2v) is 3.58. The Labute approximate surface area is 90.3 Å². The number of allylic oxidation sites excluding steroid dienone is 1. The number of hydrogen-bond donors (Lipinski definition) is 0. The average molecular weight is 211 g/mol. The lowest BCUT2D eigenvalue weighted by atomic mass is 10.1. The lowest BCUT2D eigenvalue weighted by Crippen LogP contribution is -1.94. The number of carbonyl (C=O) groups is 1. The Morgan fingerprint density at radius 2 is 1.86 bits per heavy atom. The molecule has 79 valence electrons. The van der Waals surface area contributed by atoms with Gasteiger partial charge >= 0.3 is 16.5 Å². The summed E-state index contributed by atoms with van der Waals surface area (Å²) in [7, 11) is 2.67. The van der Waals surface area contributed by atoms with Crippen LogP contribution in [0.3, 0.4) is 0 Å². The average Bonchev–Trinajstić information content (AvgIpc) is 2.21. The second kappa shape index (κ2) is 10.5. The largest absolute Gasteiger partial charge is 0.513 e. The van der Waals surface area contributed by atoms with Crippen molar-refractivity contribution in [2.45, 2.75) is 51.9 Å². The van der Waals surface area contributed by atoms with E-state index in [2.05, 4.69) is 21.8 Å². The van der Waals surface area contributed by atoms with E-state index in [9.17, 15) is 4.79 Å². The molecule has 0 bridgehead atoms. The van der Waals surface area contributed by atoms with Crippen molar-refractivity contribution in [3.05, 3.63) is 12.2 Å². The van der Waals surface area contributed by atoms with Gasteiger partial charge in [-0.25, -0.2) is 4.79 Å². The highest BCUT2D eigenvalue weighted by Crippen LogP contribution is 2.06. The van der Waals surface area contributed by atoms with E-state index in [1.54, 1.807) is 0 Å². The molecule has 0 N–H and O–H groups in total. The van der Waals surface area contributed by atoms with E-state index < -0.39 is 0 Å². The highest BCUT2D eigenvalue weighted by molar-refractivity contribution is 6.07. The van der Waals surface area contributed by atoms with Crippen molar-refractivity contribution in [3.63, 3.8) is 0 Å². The van der Waals surface area contributed by atoms with Crippen molar-refractivity contribution in [3.8, 4) is 0 Å². The Bertz CT molecular complexity index is 167. The number of unbranched alkanes of at least 4 members (excludes halogenated alkanes) is 6. The van der Waals surface area contributed by atoms with Crippen LogP contribution in [0.1, 0.15) is 51.9 Å². The van der Waals surface area contributed by atoms with Crippen LogP contribution < -0.4 is 0 Å². The molecule has 0 aromatic carbocycles. The van der Waals surface area contributed by atoms with E-state index in [1.165, 1.54) is 38.2 Å². The van der Waals surface area contributed by atoms with Gasteiger partial charge in [-0.15, -0.1) is 0 Å². The molecule has 0 aromatic rings. The SMILES string of the molecule is CCCCCCCCC=CC(=O)O[Si]. The van der Waals surface area contributed by atoms with Gasteiger partial charge in [-0.3, -0.25) is 0 Å². The molecule has 0 saturated heterocycles. The normalized spacial score (nSPS) is 10.7. The van der Waals surface area contributed by atoms with Crippen LogP contribution in [-0.2, 0) is 9.22 Å². The van der Waals surface area contributed by atoms with Gasteiger partial charge in [0.25, 0.3) is 0 Å². The topological polar surface area (TPSA) is 26.3 Å². The molecule has 0 aliphatic rings. The van der Waals surface area contributed by atoms with E-state index in [4.69, 9.17) is 0 Å². The maximum absolute atomic E-state index is 10.6. The summed E-state index contributed by atoms with van der Waals surface area (Å²) < 4.78 is 4.29. The molecule has 0 aromatic heterocycles. The molecule has 0 aliphatic carbocycles. The minimum absolute atomic E-state index is 0.340. The first-order valence-corrected chi connectivity index (χ1v) is 5.76. The molecule has 0 fully saturated rings. The van der Waals surface area contributed by atoms with Crippen LogP contribution in [0.5, 0.6) is 0 Å². The lowest BCUT2D eigenvalue weighted by molar-refractivity contribution is -0.128. The van der Waals surface area contributed by atoms with Crippen molar-refractivity contribution >= 4 is 16.5 Å². The third-order valence-corrected chi connectivity index (χ3v) is 2.28. The number of carbonyl (C=O) groups excluding carboxylic acids is 1. The van der Waals surface area contributed by atoms with Crippen LogP contribution in [0.2, 0.25) is 0 Å². The highest BCUT2D eigenvalue weighted by Gasteiger charge is 1.90. The van der Waals surface area contributed by atoms with Gasteiger partial charge in [-0.05, 0) is 12.8 Å². The highest BCUT2D eigenvalue weighted by atomic mass is 28.2. The zero-order chi connectivity index (χ0) is 10.6. The van der Waals surface area contributed by atoms with Gasteiger partial charge in [0.05, 0.1) is 0 Å². The Hall–Kier alpha value is -0.573. The molecule has 3 heteroatoms. The Morgan fingerprint density at radius 3 is 2.50 bits per heavy atom. The van der Waals surface area contributed by atoms with Gasteiger partial charge in [0.2, 0.25) is 0 Å². The smallest absolute Gasteiger partial charge is 0.345 e. The van der Waals surface area contributed by atoms with E-state index in [0.29, 0.717) is 0 Å². The number of rotatable bonds is 8. The molecule has 3 radical (unpaired) electrons. The molecular formula is C11H19O2Si. The molecule has 0 atom stereocenters. The zero-order valence-corrected chi connectivity index (χ0v) is 9.92. The van der Waals surface area contributed by atoms with Crippen LogP contribution in [0.25, 0.3) is 0 Å². The van der Waals surface area contributed by atoms with Crippen LogP contribution in [0.4, 0.5) is 0 Å². The fraction of sp³-hybridized carbons (Fsp3) is 0.727. The first kappa shape index (κ1) is 13.4. The van der Waals surface area contributed by atoms with Crippen LogP contribution in [0, 0.1) is 0 Å². The van der Waals surface area contributed by atoms with E-state index in [-0.39, 0.29) is 5.97 Å². The summed E-state index contributed by atoms with van der Waals surface area (Å²) in [6, 6.07) is 0. The van der Waals surface area contributed by atoms with Gasteiger partial charge < -0.3 is 4.43 Å². The molecule has 0 saturated carbocycles. The lowest BCUT2D eigenvalue weighted by Gasteiger charge is -1.97. The molecule has 0 spiro atoms. The minimum atomic E-state index is -0.340. The molecule has 14 heavy (non-hydrogen) atoms. The summed E-state index contributed by atoms with van der Waals surface area (Å²) in [6.07, 6.45) is 12.0. The van der Waals surface area contributed by atoms with Crippen LogP contribution in [-0.4, -0.2) is 16.5 Å². The summed E-state index contributed by atoms with van der Waals surface area (Å²) in [5.41, 5.74) is 0. The molecular weight excluding hydrogens is 192 g/mol. The summed E-state index contributed by atoms with van der Waals surface area (Å²) >= 11 is 0. The maximum Gasteiger partial charge on any atom is 0.345 e. The molecule has 2 nitrogen and oxygen atoms in total. The van der Waals surface area contributed by atoms with Crippen molar-refractivity contribution < 1.29 is 9.22 Å². The van der Waals surface area contributed by atoms with Crippen LogP contribution >= 0.6 is 0 Å². The Morgan fingerprint density at radius 1 is 1.21 bits per heavy atom. The van der Waals surface area contributed by atoms with Gasteiger partial charge in [0.1, 0.15) is 0 Å². The summed E-state index contributed by atoms with van der Waals surface area (Å²) in [5.74, 6) is -0.340. The second-order valence-electron chi connectivity index (χ2n) is 3.38. The molecule has 0 amide bonds. The number of hydrogen-bond acceptors (Lipinski definition) is 2. The fourth-order valence-corrected chi connectivity index (χ4v) is 1.32. The zero-order valence-electron chi connectivity index (χ0n) is 8.92. The van der Waals surface area contributed by atoms with Gasteiger partial charge in [0.15, 0.2) is 0 Å². The van der Waals surface area contributed by atoms with Crippen molar-refractivity contribution in [2.24, 2.45) is 0 Å². The maximum atomic E-state index is 10.6. The quantitative estimate of drug-likeness (QED) is 0.350. The Kier molecular flexibility index (Phi) is 10.1. The van der Waals surface area contributed by atoms with Crippen molar-refractivity contribution in [1.82, 2.24) is 0 Å². The fourth-order valence-electron chi connectivity index (χ4n) is 1.26. The van der Waals surface area contributed by atoms with Gasteiger partial charge in [0, 0.05) is 6.08 Å². The summed E-state index contributed by atoms with van der Waals surface area (Å²) in [4.78, 5) is 10.6. The van der Waals surface area contributed by atoms with Crippen molar-refractivity contribution in [1.29, 1.82) is 0 Å². The van der Waals surface area contributed by atoms with E-state index in [1.807, 2.05) is 6.08 Å². The molecule has 0 unspecified atom stereocenters. The Balaban J connectivity index is 3.13.